The fourth-order valence-electron chi connectivity index (χ4n) is 2.73. The van der Waals surface area contributed by atoms with Gasteiger partial charge in [-0.05, 0) is 36.7 Å². The molecule has 1 rings (SSSR count). The van der Waals surface area contributed by atoms with Crippen LogP contribution in [0.4, 0.5) is 0 Å². The lowest BCUT2D eigenvalue weighted by atomic mass is 9.78. The molecular weight excluding hydrogens is 300 g/mol. The lowest BCUT2D eigenvalue weighted by Gasteiger charge is -2.30. The van der Waals surface area contributed by atoms with E-state index in [-0.39, 0.29) is 16.8 Å². The Hall–Kier alpha value is -1.51. The van der Waals surface area contributed by atoms with Crippen molar-refractivity contribution in [3.05, 3.63) is 28.8 Å². The van der Waals surface area contributed by atoms with E-state index in [9.17, 15) is 4.79 Å². The lowest BCUT2D eigenvalue weighted by Crippen LogP contribution is -2.20. The molecule has 3 nitrogen and oxygen atoms in total. The van der Waals surface area contributed by atoms with Crippen molar-refractivity contribution in [3.63, 3.8) is 0 Å². The van der Waals surface area contributed by atoms with Crippen LogP contribution in [-0.4, -0.2) is 19.2 Å². The van der Waals surface area contributed by atoms with E-state index in [2.05, 4.69) is 53.7 Å². The molecule has 0 amide bonds. The van der Waals surface area contributed by atoms with E-state index in [0.717, 1.165) is 5.75 Å². The third-order valence-electron chi connectivity index (χ3n) is 3.98. The van der Waals surface area contributed by atoms with Crippen LogP contribution in [0.5, 0.6) is 5.75 Å². The summed E-state index contributed by atoms with van der Waals surface area (Å²) in [4.78, 5) is 11.7. The number of carbonyl (C=O) groups excluding carboxylic acids is 1. The van der Waals surface area contributed by atoms with Crippen LogP contribution >= 0.6 is 0 Å². The van der Waals surface area contributed by atoms with Gasteiger partial charge in [0.05, 0.1) is 13.2 Å². The Morgan fingerprint density at radius 1 is 0.917 bits per heavy atom. The number of carbonyl (C=O) groups is 1. The van der Waals surface area contributed by atoms with Crippen LogP contribution in [0.15, 0.2) is 12.1 Å². The van der Waals surface area contributed by atoms with Gasteiger partial charge >= 0.3 is 5.97 Å². The predicted octanol–water partition coefficient (Wildman–Crippen LogP) is 5.18. The number of hydrogen-bond donors (Lipinski definition) is 0. The quantitative estimate of drug-likeness (QED) is 0.673. The molecule has 0 atom stereocenters. The Morgan fingerprint density at radius 2 is 1.42 bits per heavy atom. The third kappa shape index (κ3) is 5.54. The minimum absolute atomic E-state index is 0.0234. The molecule has 0 aromatic heterocycles. The molecular formula is C21H34O3. The van der Waals surface area contributed by atoms with Gasteiger partial charge in [0.25, 0.3) is 0 Å². The molecule has 1 aromatic carbocycles. The average molecular weight is 335 g/mol. The molecule has 1 aromatic rings. The number of esters is 1. The van der Waals surface area contributed by atoms with Crippen molar-refractivity contribution in [2.75, 3.05) is 13.2 Å². The Kier molecular flexibility index (Phi) is 6.88. The first kappa shape index (κ1) is 20.5. The monoisotopic (exact) mass is 334 g/mol. The van der Waals surface area contributed by atoms with Crippen molar-refractivity contribution in [2.45, 2.75) is 79.1 Å². The molecule has 0 saturated carbocycles. The molecule has 0 aliphatic rings. The largest absolute Gasteiger partial charge is 0.493 e. The molecule has 0 radical (unpaired) electrons. The smallest absolute Gasteiger partial charge is 0.306 e. The molecule has 136 valence electrons. The van der Waals surface area contributed by atoms with Crippen molar-refractivity contribution in [1.82, 2.24) is 0 Å². The SMILES string of the molecule is CCOC(=O)CCc1cc(C(C)(C)C)c(OCC)c(C(C)(C)C)c1. The number of benzene rings is 1. The molecule has 0 unspecified atom stereocenters. The average Bonchev–Trinajstić information content (AvgIpc) is 2.44. The molecule has 0 aliphatic heterocycles. The minimum Gasteiger partial charge on any atom is -0.493 e. The van der Waals surface area contributed by atoms with Gasteiger partial charge in [0.1, 0.15) is 5.75 Å². The molecule has 0 fully saturated rings. The van der Waals surface area contributed by atoms with Crippen LogP contribution in [0, 0.1) is 0 Å². The zero-order valence-electron chi connectivity index (χ0n) is 16.7. The summed E-state index contributed by atoms with van der Waals surface area (Å²) in [5, 5.41) is 0. The van der Waals surface area contributed by atoms with Gasteiger partial charge < -0.3 is 9.47 Å². The van der Waals surface area contributed by atoms with Gasteiger partial charge in [-0.1, -0.05) is 53.7 Å². The van der Waals surface area contributed by atoms with Gasteiger partial charge in [-0.3, -0.25) is 4.79 Å². The van der Waals surface area contributed by atoms with Crippen LogP contribution in [0.25, 0.3) is 0 Å². The van der Waals surface area contributed by atoms with E-state index in [1.54, 1.807) is 0 Å². The van der Waals surface area contributed by atoms with Gasteiger partial charge in [0.15, 0.2) is 0 Å². The molecule has 0 N–H and O–H groups in total. The van der Waals surface area contributed by atoms with E-state index in [1.165, 1.54) is 16.7 Å². The number of aryl methyl sites for hydroxylation is 1. The Balaban J connectivity index is 3.35. The van der Waals surface area contributed by atoms with Crippen molar-refractivity contribution < 1.29 is 14.3 Å². The van der Waals surface area contributed by atoms with Crippen LogP contribution in [0.2, 0.25) is 0 Å². The van der Waals surface area contributed by atoms with Crippen LogP contribution < -0.4 is 4.74 Å². The van der Waals surface area contributed by atoms with E-state index in [4.69, 9.17) is 9.47 Å². The molecule has 0 bridgehead atoms. The molecule has 0 aliphatic carbocycles. The Morgan fingerprint density at radius 3 is 1.79 bits per heavy atom. The molecule has 24 heavy (non-hydrogen) atoms. The van der Waals surface area contributed by atoms with Gasteiger partial charge in [-0.15, -0.1) is 0 Å². The fraction of sp³-hybridized carbons (Fsp3) is 0.667. The van der Waals surface area contributed by atoms with Crippen LogP contribution in [0.1, 0.15) is 78.5 Å². The standard InChI is InChI=1S/C21H34O3/c1-9-23-18(22)12-11-15-13-16(20(3,4)5)19(24-10-2)17(14-15)21(6,7)8/h13-14H,9-12H2,1-8H3. The highest BCUT2D eigenvalue weighted by molar-refractivity contribution is 5.69. The molecule has 0 saturated heterocycles. The van der Waals surface area contributed by atoms with E-state index in [0.29, 0.717) is 26.1 Å². The minimum atomic E-state index is -0.138. The maximum atomic E-state index is 11.7. The highest BCUT2D eigenvalue weighted by Crippen LogP contribution is 2.41. The summed E-state index contributed by atoms with van der Waals surface area (Å²) in [6, 6.07) is 4.39. The Labute approximate surface area is 147 Å². The molecule has 0 heterocycles. The maximum Gasteiger partial charge on any atom is 0.306 e. The first-order valence-electron chi connectivity index (χ1n) is 8.97. The summed E-state index contributed by atoms with van der Waals surface area (Å²) in [7, 11) is 0. The van der Waals surface area contributed by atoms with E-state index in [1.807, 2.05) is 13.8 Å². The zero-order chi connectivity index (χ0) is 18.5. The van der Waals surface area contributed by atoms with E-state index < -0.39 is 0 Å². The summed E-state index contributed by atoms with van der Waals surface area (Å²) in [6.07, 6.45) is 1.10. The molecule has 3 heteroatoms. The van der Waals surface area contributed by atoms with Crippen molar-refractivity contribution in [3.8, 4) is 5.75 Å². The predicted molar refractivity (Wildman–Crippen MR) is 100.0 cm³/mol. The summed E-state index contributed by atoms with van der Waals surface area (Å²) >= 11 is 0. The van der Waals surface area contributed by atoms with Crippen LogP contribution in [0.3, 0.4) is 0 Å². The second-order valence-electron chi connectivity index (χ2n) is 8.26. The second kappa shape index (κ2) is 8.04. The number of ether oxygens (including phenoxy) is 2. The van der Waals surface area contributed by atoms with Gasteiger partial charge in [0.2, 0.25) is 0 Å². The normalized spacial score (nSPS) is 12.2. The first-order chi connectivity index (χ1) is 11.0. The topological polar surface area (TPSA) is 35.5 Å². The lowest BCUT2D eigenvalue weighted by molar-refractivity contribution is -0.143. The van der Waals surface area contributed by atoms with Crippen LogP contribution in [-0.2, 0) is 26.8 Å². The van der Waals surface area contributed by atoms with Gasteiger partial charge in [-0.2, -0.15) is 0 Å². The maximum absolute atomic E-state index is 11.7. The van der Waals surface area contributed by atoms with Gasteiger partial charge in [-0.25, -0.2) is 0 Å². The second-order valence-corrected chi connectivity index (χ2v) is 8.26. The Bertz CT molecular complexity index is 524. The zero-order valence-corrected chi connectivity index (χ0v) is 16.7. The number of rotatable bonds is 6. The number of hydrogen-bond acceptors (Lipinski definition) is 3. The fourth-order valence-corrected chi connectivity index (χ4v) is 2.73. The van der Waals surface area contributed by atoms with E-state index >= 15 is 0 Å². The highest BCUT2D eigenvalue weighted by atomic mass is 16.5. The molecule has 0 spiro atoms. The third-order valence-corrected chi connectivity index (χ3v) is 3.98. The summed E-state index contributed by atoms with van der Waals surface area (Å²) in [5.74, 6) is 0.860. The van der Waals surface area contributed by atoms with Crippen molar-refractivity contribution in [2.24, 2.45) is 0 Å². The highest BCUT2D eigenvalue weighted by Gasteiger charge is 2.27. The van der Waals surface area contributed by atoms with Crippen molar-refractivity contribution in [1.29, 1.82) is 0 Å². The summed E-state index contributed by atoms with van der Waals surface area (Å²) in [6.45, 7) is 18.1. The summed E-state index contributed by atoms with van der Waals surface area (Å²) < 4.78 is 11.1. The van der Waals surface area contributed by atoms with Gasteiger partial charge in [0, 0.05) is 17.5 Å². The summed E-state index contributed by atoms with van der Waals surface area (Å²) in [5.41, 5.74) is 3.53. The first-order valence-corrected chi connectivity index (χ1v) is 8.97. The van der Waals surface area contributed by atoms with Crippen molar-refractivity contribution >= 4 is 5.97 Å².